The van der Waals surface area contributed by atoms with Gasteiger partial charge in [-0.15, -0.1) is 0 Å². The summed E-state index contributed by atoms with van der Waals surface area (Å²) in [7, 11) is 0. The second-order valence-corrected chi connectivity index (χ2v) is 7.17. The minimum Gasteiger partial charge on any atom is -0.381 e. The fraction of sp³-hybridized carbons (Fsp3) is 0.350. The number of nitrogens with one attached hydrogen (secondary N) is 2. The third-order valence-electron chi connectivity index (χ3n) is 4.88. The maximum atomic E-state index is 13.0. The molecule has 8 heteroatoms. The van der Waals surface area contributed by atoms with E-state index in [0.29, 0.717) is 36.0 Å². The molecule has 0 atom stereocenters. The summed E-state index contributed by atoms with van der Waals surface area (Å²) in [6, 6.07) is 7.27. The molecule has 0 unspecified atom stereocenters. The molecule has 146 valence electrons. The van der Waals surface area contributed by atoms with Gasteiger partial charge >= 0.3 is 0 Å². The normalized spacial score (nSPS) is 14.9. The number of fused-ring (bicyclic) bond motifs is 1. The predicted octanol–water partition coefficient (Wildman–Crippen LogP) is 3.95. The Hall–Kier alpha value is -2.64. The fourth-order valence-corrected chi connectivity index (χ4v) is 3.49. The number of amides is 1. The molecule has 0 saturated carbocycles. The number of anilines is 2. The van der Waals surface area contributed by atoms with Crippen LogP contribution in [0.5, 0.6) is 0 Å². The second kappa shape index (κ2) is 8.16. The van der Waals surface area contributed by atoms with E-state index in [1.54, 1.807) is 36.7 Å². The Labute approximate surface area is 168 Å². The number of hydrogen-bond donors (Lipinski definition) is 2. The summed E-state index contributed by atoms with van der Waals surface area (Å²) in [6.07, 6.45) is 5.17. The number of carbonyl (C=O) groups excluding carboxylic acids is 1. The van der Waals surface area contributed by atoms with Gasteiger partial charge in [-0.3, -0.25) is 4.79 Å². The molecular formula is C20H22ClN5O2. The zero-order chi connectivity index (χ0) is 19.5. The monoisotopic (exact) mass is 399 g/mol. The highest BCUT2D eigenvalue weighted by Gasteiger charge is 2.22. The minimum absolute atomic E-state index is 0.226. The van der Waals surface area contributed by atoms with E-state index in [1.807, 2.05) is 11.6 Å². The van der Waals surface area contributed by atoms with Crippen LogP contribution in [0.3, 0.4) is 0 Å². The number of ether oxygens (including phenoxy) is 1. The van der Waals surface area contributed by atoms with Crippen molar-refractivity contribution in [3.8, 4) is 0 Å². The fourth-order valence-electron chi connectivity index (χ4n) is 3.36. The van der Waals surface area contributed by atoms with Crippen LogP contribution in [0.1, 0.15) is 30.1 Å². The maximum absolute atomic E-state index is 13.0. The van der Waals surface area contributed by atoms with E-state index in [-0.39, 0.29) is 11.9 Å². The lowest BCUT2D eigenvalue weighted by Crippen LogP contribution is -2.29. The molecule has 4 rings (SSSR count). The smallest absolute Gasteiger partial charge is 0.259 e. The van der Waals surface area contributed by atoms with Crippen LogP contribution in [-0.4, -0.2) is 39.9 Å². The zero-order valence-electron chi connectivity index (χ0n) is 15.6. The van der Waals surface area contributed by atoms with Gasteiger partial charge in [0.2, 0.25) is 0 Å². The third kappa shape index (κ3) is 3.81. The summed E-state index contributed by atoms with van der Waals surface area (Å²) in [5.74, 6) is -0.226. The van der Waals surface area contributed by atoms with Crippen molar-refractivity contribution in [3.05, 3.63) is 47.2 Å². The lowest BCUT2D eigenvalue weighted by molar-refractivity contribution is 0.0904. The summed E-state index contributed by atoms with van der Waals surface area (Å²) in [5.41, 5.74) is 2.70. The summed E-state index contributed by atoms with van der Waals surface area (Å²) >= 11 is 5.93. The van der Waals surface area contributed by atoms with Crippen LogP contribution < -0.4 is 10.6 Å². The molecule has 0 radical (unpaired) electrons. The van der Waals surface area contributed by atoms with Gasteiger partial charge < -0.3 is 15.4 Å². The van der Waals surface area contributed by atoms with Gasteiger partial charge in [0.05, 0.1) is 22.8 Å². The van der Waals surface area contributed by atoms with Crippen molar-refractivity contribution in [3.63, 3.8) is 0 Å². The quantitative estimate of drug-likeness (QED) is 0.679. The molecule has 1 fully saturated rings. The molecule has 0 bridgehead atoms. The SMILES string of the molecule is CCn1ncc2c(NC3CCOCC3)c(C(=O)Nc3ccc(Cl)cc3)cnc21. The molecule has 2 N–H and O–H groups in total. The molecule has 3 aromatic rings. The van der Waals surface area contributed by atoms with Gasteiger partial charge in [-0.25, -0.2) is 9.67 Å². The third-order valence-corrected chi connectivity index (χ3v) is 5.13. The van der Waals surface area contributed by atoms with Crippen LogP contribution in [0, 0.1) is 0 Å². The van der Waals surface area contributed by atoms with E-state index in [4.69, 9.17) is 16.3 Å². The van der Waals surface area contributed by atoms with Crippen molar-refractivity contribution in [1.29, 1.82) is 0 Å². The number of carbonyl (C=O) groups is 1. The second-order valence-electron chi connectivity index (χ2n) is 6.74. The van der Waals surface area contributed by atoms with Gasteiger partial charge in [0, 0.05) is 42.7 Å². The van der Waals surface area contributed by atoms with Crippen LogP contribution in [0.2, 0.25) is 5.02 Å². The molecule has 7 nitrogen and oxygen atoms in total. The van der Waals surface area contributed by atoms with Gasteiger partial charge in [0.25, 0.3) is 5.91 Å². The first-order chi connectivity index (χ1) is 13.7. The number of benzene rings is 1. The molecule has 1 aromatic carbocycles. The first kappa shape index (κ1) is 18.7. The van der Waals surface area contributed by atoms with E-state index in [1.165, 1.54) is 0 Å². The molecule has 1 amide bonds. The Kier molecular flexibility index (Phi) is 5.45. The zero-order valence-corrected chi connectivity index (χ0v) is 16.4. The number of nitrogens with zero attached hydrogens (tertiary/aromatic N) is 3. The molecule has 0 aliphatic carbocycles. The average Bonchev–Trinajstić information content (AvgIpc) is 3.14. The van der Waals surface area contributed by atoms with Crippen molar-refractivity contribution in [2.75, 3.05) is 23.8 Å². The number of aromatic nitrogens is 3. The molecule has 1 saturated heterocycles. The van der Waals surface area contributed by atoms with Crippen LogP contribution in [0.25, 0.3) is 11.0 Å². The molecule has 1 aliphatic rings. The van der Waals surface area contributed by atoms with Gasteiger partial charge in [-0.1, -0.05) is 11.6 Å². The summed E-state index contributed by atoms with van der Waals surface area (Å²) in [5, 5.41) is 12.3. The highest BCUT2D eigenvalue weighted by molar-refractivity contribution is 6.30. The summed E-state index contributed by atoms with van der Waals surface area (Å²) in [6.45, 7) is 4.16. The van der Waals surface area contributed by atoms with Crippen molar-refractivity contribution in [1.82, 2.24) is 14.8 Å². The van der Waals surface area contributed by atoms with Crippen molar-refractivity contribution >= 4 is 39.9 Å². The van der Waals surface area contributed by atoms with E-state index < -0.39 is 0 Å². The summed E-state index contributed by atoms with van der Waals surface area (Å²) < 4.78 is 7.28. The van der Waals surface area contributed by atoms with Gasteiger partial charge in [-0.2, -0.15) is 5.10 Å². The number of hydrogen-bond acceptors (Lipinski definition) is 5. The van der Waals surface area contributed by atoms with Crippen molar-refractivity contribution < 1.29 is 9.53 Å². The van der Waals surface area contributed by atoms with Gasteiger partial charge in [0.15, 0.2) is 5.65 Å². The lowest BCUT2D eigenvalue weighted by atomic mass is 10.1. The Morgan fingerprint density at radius 3 is 2.71 bits per heavy atom. The van der Waals surface area contributed by atoms with Gasteiger partial charge in [0.1, 0.15) is 0 Å². The summed E-state index contributed by atoms with van der Waals surface area (Å²) in [4.78, 5) is 17.5. The maximum Gasteiger partial charge on any atom is 0.259 e. The van der Waals surface area contributed by atoms with Crippen molar-refractivity contribution in [2.45, 2.75) is 32.4 Å². The number of aryl methyl sites for hydroxylation is 1. The van der Waals surface area contributed by atoms with E-state index in [9.17, 15) is 4.79 Å². The highest BCUT2D eigenvalue weighted by atomic mass is 35.5. The first-order valence-corrected chi connectivity index (χ1v) is 9.79. The number of rotatable bonds is 5. The number of pyridine rings is 1. The molecular weight excluding hydrogens is 378 g/mol. The van der Waals surface area contributed by atoms with Crippen LogP contribution in [0.4, 0.5) is 11.4 Å². The Morgan fingerprint density at radius 2 is 2.00 bits per heavy atom. The molecule has 0 spiro atoms. The molecule has 2 aromatic heterocycles. The minimum atomic E-state index is -0.226. The van der Waals surface area contributed by atoms with E-state index in [0.717, 1.165) is 29.6 Å². The standard InChI is InChI=1S/C20H22ClN5O2/c1-2-26-19-16(12-23-26)18(24-15-7-9-28-10-8-15)17(11-22-19)20(27)25-14-5-3-13(21)4-6-14/h3-6,11-12,15H,2,7-10H2,1H3,(H,22,24)(H,25,27). The Bertz CT molecular complexity index is 980. The van der Waals surface area contributed by atoms with Crippen LogP contribution >= 0.6 is 11.6 Å². The van der Waals surface area contributed by atoms with E-state index in [2.05, 4.69) is 20.7 Å². The lowest BCUT2D eigenvalue weighted by Gasteiger charge is -2.25. The average molecular weight is 400 g/mol. The topological polar surface area (TPSA) is 81.1 Å². The van der Waals surface area contributed by atoms with Crippen molar-refractivity contribution in [2.24, 2.45) is 0 Å². The Balaban J connectivity index is 1.70. The molecule has 3 heterocycles. The van der Waals surface area contributed by atoms with Crippen LogP contribution in [0.15, 0.2) is 36.7 Å². The Morgan fingerprint density at radius 1 is 1.25 bits per heavy atom. The largest absolute Gasteiger partial charge is 0.381 e. The van der Waals surface area contributed by atoms with Gasteiger partial charge in [-0.05, 0) is 44.0 Å². The number of halogens is 1. The molecule has 28 heavy (non-hydrogen) atoms. The van der Waals surface area contributed by atoms with Crippen LogP contribution in [-0.2, 0) is 11.3 Å². The molecule has 1 aliphatic heterocycles. The highest BCUT2D eigenvalue weighted by Crippen LogP contribution is 2.29. The van der Waals surface area contributed by atoms with E-state index >= 15 is 0 Å². The predicted molar refractivity (Wildman–Crippen MR) is 110 cm³/mol. The first-order valence-electron chi connectivity index (χ1n) is 9.41.